The van der Waals surface area contributed by atoms with Crippen molar-refractivity contribution in [2.24, 2.45) is 13.0 Å². The second-order valence-electron chi connectivity index (χ2n) is 7.19. The van der Waals surface area contributed by atoms with E-state index in [1.165, 1.54) is 0 Å². The number of anilines is 1. The number of amides is 1. The lowest BCUT2D eigenvalue weighted by Crippen LogP contribution is -2.46. The highest BCUT2D eigenvalue weighted by molar-refractivity contribution is 5.88. The molecular weight excluding hydrogens is 346 g/mol. The number of aromatic nitrogens is 3. The fourth-order valence-corrected chi connectivity index (χ4v) is 4.14. The molecule has 1 amide bonds. The first-order valence-corrected chi connectivity index (χ1v) is 9.27. The SMILES string of the molecule is Cn1nc(C(=O)O)c2c1CCN(C(=O)C1CCCN(c3ccccn3)C1)C2. The molecule has 1 N–H and O–H groups in total. The van der Waals surface area contributed by atoms with Gasteiger partial charge in [0.2, 0.25) is 5.91 Å². The summed E-state index contributed by atoms with van der Waals surface area (Å²) in [6.45, 7) is 2.48. The molecule has 4 rings (SSSR count). The molecular formula is C19H23N5O3. The minimum absolute atomic E-state index is 0.0590. The molecule has 27 heavy (non-hydrogen) atoms. The number of nitrogens with zero attached hydrogens (tertiary/aromatic N) is 5. The van der Waals surface area contributed by atoms with Gasteiger partial charge < -0.3 is 14.9 Å². The Morgan fingerprint density at radius 3 is 2.85 bits per heavy atom. The molecule has 0 aromatic carbocycles. The Balaban J connectivity index is 1.49. The van der Waals surface area contributed by atoms with Crippen LogP contribution < -0.4 is 4.90 Å². The quantitative estimate of drug-likeness (QED) is 0.877. The number of fused-ring (bicyclic) bond motifs is 1. The molecule has 8 nitrogen and oxygen atoms in total. The van der Waals surface area contributed by atoms with Crippen LogP contribution in [-0.4, -0.2) is 56.3 Å². The van der Waals surface area contributed by atoms with Gasteiger partial charge in [0.1, 0.15) is 5.82 Å². The lowest BCUT2D eigenvalue weighted by molar-refractivity contribution is -0.136. The van der Waals surface area contributed by atoms with Crippen molar-refractivity contribution in [1.29, 1.82) is 0 Å². The summed E-state index contributed by atoms with van der Waals surface area (Å²) >= 11 is 0. The van der Waals surface area contributed by atoms with Gasteiger partial charge in [0.15, 0.2) is 5.69 Å². The highest BCUT2D eigenvalue weighted by Gasteiger charge is 2.34. The number of aromatic carboxylic acids is 1. The first-order valence-electron chi connectivity index (χ1n) is 9.27. The molecule has 1 atom stereocenters. The molecule has 142 valence electrons. The van der Waals surface area contributed by atoms with E-state index in [0.29, 0.717) is 31.6 Å². The number of piperidine rings is 1. The molecule has 0 radical (unpaired) electrons. The van der Waals surface area contributed by atoms with Gasteiger partial charge in [-0.05, 0) is 25.0 Å². The minimum Gasteiger partial charge on any atom is -0.476 e. The van der Waals surface area contributed by atoms with Gasteiger partial charge in [-0.15, -0.1) is 0 Å². The van der Waals surface area contributed by atoms with Crippen LogP contribution in [0.1, 0.15) is 34.6 Å². The molecule has 2 aliphatic rings. The zero-order chi connectivity index (χ0) is 19.0. The summed E-state index contributed by atoms with van der Waals surface area (Å²) in [5, 5.41) is 13.5. The number of carboxylic acid groups (broad SMARTS) is 1. The summed E-state index contributed by atoms with van der Waals surface area (Å²) in [5.41, 5.74) is 1.64. The Hall–Kier alpha value is -2.90. The molecule has 1 unspecified atom stereocenters. The first-order chi connectivity index (χ1) is 13.0. The summed E-state index contributed by atoms with van der Waals surface area (Å²) in [7, 11) is 1.76. The van der Waals surface area contributed by atoms with Gasteiger partial charge in [0, 0.05) is 57.1 Å². The van der Waals surface area contributed by atoms with E-state index in [2.05, 4.69) is 15.0 Å². The van der Waals surface area contributed by atoms with Crippen LogP contribution in [0.15, 0.2) is 24.4 Å². The minimum atomic E-state index is -1.04. The van der Waals surface area contributed by atoms with Crippen molar-refractivity contribution >= 4 is 17.7 Å². The van der Waals surface area contributed by atoms with E-state index in [0.717, 1.165) is 30.9 Å². The molecule has 2 aromatic heterocycles. The second kappa shape index (κ2) is 7.02. The van der Waals surface area contributed by atoms with E-state index in [4.69, 9.17) is 0 Å². The summed E-state index contributed by atoms with van der Waals surface area (Å²) in [5.74, 6) is -0.134. The van der Waals surface area contributed by atoms with Crippen molar-refractivity contribution in [3.8, 4) is 0 Å². The van der Waals surface area contributed by atoms with Crippen LogP contribution in [0.5, 0.6) is 0 Å². The van der Waals surface area contributed by atoms with E-state index in [9.17, 15) is 14.7 Å². The number of carbonyl (C=O) groups is 2. The molecule has 0 aliphatic carbocycles. The second-order valence-corrected chi connectivity index (χ2v) is 7.19. The van der Waals surface area contributed by atoms with Gasteiger partial charge in [0.05, 0.1) is 5.92 Å². The molecule has 0 saturated carbocycles. The molecule has 0 spiro atoms. The van der Waals surface area contributed by atoms with Gasteiger partial charge in [0.25, 0.3) is 0 Å². The fraction of sp³-hybridized carbons (Fsp3) is 0.474. The lowest BCUT2D eigenvalue weighted by atomic mass is 9.95. The van der Waals surface area contributed by atoms with E-state index in [-0.39, 0.29) is 17.5 Å². The Bertz CT molecular complexity index is 864. The average Bonchev–Trinajstić information content (AvgIpc) is 3.04. The van der Waals surface area contributed by atoms with Gasteiger partial charge in [-0.2, -0.15) is 5.10 Å². The lowest BCUT2D eigenvalue weighted by Gasteiger charge is -2.36. The number of hydrogen-bond donors (Lipinski definition) is 1. The first kappa shape index (κ1) is 17.5. The number of pyridine rings is 1. The maximum absolute atomic E-state index is 13.1. The van der Waals surface area contributed by atoms with Gasteiger partial charge >= 0.3 is 5.97 Å². The van der Waals surface area contributed by atoms with Crippen molar-refractivity contribution < 1.29 is 14.7 Å². The third kappa shape index (κ3) is 3.27. The third-order valence-corrected chi connectivity index (χ3v) is 5.50. The van der Waals surface area contributed by atoms with E-state index in [1.54, 1.807) is 22.8 Å². The maximum Gasteiger partial charge on any atom is 0.356 e. The summed E-state index contributed by atoms with van der Waals surface area (Å²) in [6, 6.07) is 5.81. The Morgan fingerprint density at radius 2 is 2.11 bits per heavy atom. The third-order valence-electron chi connectivity index (χ3n) is 5.50. The van der Waals surface area contributed by atoms with Crippen molar-refractivity contribution in [3.05, 3.63) is 41.3 Å². The maximum atomic E-state index is 13.1. The summed E-state index contributed by atoms with van der Waals surface area (Å²) in [6.07, 6.45) is 4.20. The smallest absolute Gasteiger partial charge is 0.356 e. The Labute approximate surface area is 157 Å². The normalized spacial score (nSPS) is 19.7. The summed E-state index contributed by atoms with van der Waals surface area (Å²) < 4.78 is 1.63. The van der Waals surface area contributed by atoms with Crippen LogP contribution in [0.4, 0.5) is 5.82 Å². The fourth-order valence-electron chi connectivity index (χ4n) is 4.14. The predicted molar refractivity (Wildman–Crippen MR) is 98.5 cm³/mol. The molecule has 2 aromatic rings. The van der Waals surface area contributed by atoms with Crippen LogP contribution >= 0.6 is 0 Å². The van der Waals surface area contributed by atoms with E-state index >= 15 is 0 Å². The zero-order valence-corrected chi connectivity index (χ0v) is 15.3. The van der Waals surface area contributed by atoms with Gasteiger partial charge in [-0.25, -0.2) is 9.78 Å². The molecule has 8 heteroatoms. The highest BCUT2D eigenvalue weighted by atomic mass is 16.4. The molecule has 1 fully saturated rings. The van der Waals surface area contributed by atoms with Gasteiger partial charge in [-0.3, -0.25) is 9.48 Å². The molecule has 4 heterocycles. The van der Waals surface area contributed by atoms with Crippen LogP contribution in [-0.2, 0) is 24.8 Å². The molecule has 1 saturated heterocycles. The average molecular weight is 369 g/mol. The number of carbonyl (C=O) groups excluding carboxylic acids is 1. The van der Waals surface area contributed by atoms with Crippen molar-refractivity contribution in [3.63, 3.8) is 0 Å². The molecule has 2 aliphatic heterocycles. The van der Waals surface area contributed by atoms with Crippen LogP contribution in [0.2, 0.25) is 0 Å². The number of hydrogen-bond acceptors (Lipinski definition) is 5. The Kier molecular flexibility index (Phi) is 4.55. The topological polar surface area (TPSA) is 91.6 Å². The van der Waals surface area contributed by atoms with Crippen LogP contribution in [0, 0.1) is 5.92 Å². The predicted octanol–water partition coefficient (Wildman–Crippen LogP) is 1.31. The van der Waals surface area contributed by atoms with Crippen molar-refractivity contribution in [2.45, 2.75) is 25.8 Å². The van der Waals surface area contributed by atoms with E-state index < -0.39 is 5.97 Å². The highest BCUT2D eigenvalue weighted by Crippen LogP contribution is 2.27. The largest absolute Gasteiger partial charge is 0.476 e. The van der Waals surface area contributed by atoms with Crippen molar-refractivity contribution in [2.75, 3.05) is 24.5 Å². The monoisotopic (exact) mass is 369 g/mol. The number of rotatable bonds is 3. The Morgan fingerprint density at radius 1 is 1.26 bits per heavy atom. The molecule has 0 bridgehead atoms. The number of carboxylic acids is 1. The van der Waals surface area contributed by atoms with E-state index in [1.807, 2.05) is 18.2 Å². The standard InChI is InChI=1S/C19H23N5O3/c1-22-15-7-10-24(12-14(15)17(21-22)19(26)27)18(25)13-5-4-9-23(11-13)16-6-2-3-8-20-16/h2-3,6,8,13H,4-5,7,9-12H2,1H3,(H,26,27). The van der Waals surface area contributed by atoms with Crippen molar-refractivity contribution in [1.82, 2.24) is 19.7 Å². The zero-order valence-electron chi connectivity index (χ0n) is 15.3. The number of aryl methyl sites for hydroxylation is 1. The van der Waals surface area contributed by atoms with Gasteiger partial charge in [-0.1, -0.05) is 6.07 Å². The van der Waals surface area contributed by atoms with Crippen LogP contribution in [0.3, 0.4) is 0 Å². The van der Waals surface area contributed by atoms with Crippen LogP contribution in [0.25, 0.3) is 0 Å². The summed E-state index contributed by atoms with van der Waals surface area (Å²) in [4.78, 5) is 33.0.